The fraction of sp³-hybridized carbons (Fsp3) is 0.250. The van der Waals surface area contributed by atoms with E-state index in [1.54, 1.807) is 23.5 Å². The van der Waals surface area contributed by atoms with E-state index in [1.165, 1.54) is 6.07 Å². The average molecular weight is 316 g/mol. The van der Waals surface area contributed by atoms with Crippen LogP contribution in [0.3, 0.4) is 0 Å². The van der Waals surface area contributed by atoms with Gasteiger partial charge >= 0.3 is 0 Å². The van der Waals surface area contributed by atoms with E-state index in [1.807, 2.05) is 12.3 Å². The molecule has 0 bridgehead atoms. The molecular weight excluding hydrogens is 305 g/mol. The van der Waals surface area contributed by atoms with Crippen LogP contribution >= 0.6 is 27.3 Å². The maximum atomic E-state index is 13.3. The lowest BCUT2D eigenvalue weighted by atomic mass is 10.1. The maximum absolute atomic E-state index is 13.3. The Bertz CT molecular complexity index is 529. The highest BCUT2D eigenvalue weighted by Gasteiger charge is 2.15. The van der Waals surface area contributed by atoms with Crippen LogP contribution in [0.5, 0.6) is 0 Å². The summed E-state index contributed by atoms with van der Waals surface area (Å²) in [6.07, 6.45) is -0.353. The van der Waals surface area contributed by atoms with Crippen molar-refractivity contribution in [2.75, 3.05) is 0 Å². The lowest BCUT2D eigenvalue weighted by Gasteiger charge is -2.11. The fourth-order valence-corrected chi connectivity index (χ4v) is 2.74. The minimum Gasteiger partial charge on any atom is -0.388 e. The van der Waals surface area contributed by atoms with Gasteiger partial charge < -0.3 is 5.11 Å². The summed E-state index contributed by atoms with van der Waals surface area (Å²) in [6, 6.07) is 4.65. The van der Waals surface area contributed by atoms with Crippen LogP contribution in [0.25, 0.3) is 0 Å². The summed E-state index contributed by atoms with van der Waals surface area (Å²) in [6.45, 7) is 1.92. The largest absolute Gasteiger partial charge is 0.388 e. The summed E-state index contributed by atoms with van der Waals surface area (Å²) >= 11 is 4.69. The highest BCUT2D eigenvalue weighted by atomic mass is 79.9. The molecule has 1 aromatic carbocycles. The van der Waals surface area contributed by atoms with E-state index in [0.29, 0.717) is 16.5 Å². The molecule has 0 aliphatic rings. The van der Waals surface area contributed by atoms with Gasteiger partial charge in [0.2, 0.25) is 0 Å². The molecule has 0 saturated carbocycles. The Morgan fingerprint density at radius 2 is 2.29 bits per heavy atom. The minimum absolute atomic E-state index is 0.319. The van der Waals surface area contributed by atoms with Crippen LogP contribution < -0.4 is 0 Å². The number of benzene rings is 1. The number of aromatic nitrogens is 1. The number of aliphatic hydroxyl groups is 1. The molecule has 1 atom stereocenters. The predicted molar refractivity (Wildman–Crippen MR) is 69.6 cm³/mol. The molecule has 1 aromatic heterocycles. The van der Waals surface area contributed by atoms with Crippen molar-refractivity contribution in [3.05, 3.63) is 50.1 Å². The topological polar surface area (TPSA) is 33.1 Å². The van der Waals surface area contributed by atoms with Gasteiger partial charge in [-0.25, -0.2) is 9.37 Å². The molecule has 90 valence electrons. The van der Waals surface area contributed by atoms with Crippen molar-refractivity contribution in [3.63, 3.8) is 0 Å². The van der Waals surface area contributed by atoms with E-state index >= 15 is 0 Å². The SMILES string of the molecule is Cc1nc(CC(O)c2cccc(F)c2Br)cs1. The van der Waals surface area contributed by atoms with Crippen molar-refractivity contribution >= 4 is 27.3 Å². The van der Waals surface area contributed by atoms with Crippen molar-refractivity contribution in [3.8, 4) is 0 Å². The maximum Gasteiger partial charge on any atom is 0.137 e. The first-order valence-corrected chi connectivity index (χ1v) is 6.78. The van der Waals surface area contributed by atoms with Crippen molar-refractivity contribution < 1.29 is 9.50 Å². The zero-order valence-corrected chi connectivity index (χ0v) is 11.6. The average Bonchev–Trinajstić information content (AvgIpc) is 2.68. The second-order valence-corrected chi connectivity index (χ2v) is 5.58. The Labute approximate surface area is 111 Å². The number of nitrogens with zero attached hydrogens (tertiary/aromatic N) is 1. The molecule has 2 rings (SSSR count). The van der Waals surface area contributed by atoms with Crippen LogP contribution in [-0.4, -0.2) is 10.1 Å². The van der Waals surface area contributed by atoms with Gasteiger partial charge in [-0.3, -0.25) is 0 Å². The van der Waals surface area contributed by atoms with Gasteiger partial charge in [0.05, 0.1) is 21.3 Å². The Balaban J connectivity index is 2.20. The van der Waals surface area contributed by atoms with Crippen molar-refractivity contribution in [2.24, 2.45) is 0 Å². The van der Waals surface area contributed by atoms with E-state index in [2.05, 4.69) is 20.9 Å². The Kier molecular flexibility index (Phi) is 3.91. The third kappa shape index (κ3) is 2.91. The zero-order valence-electron chi connectivity index (χ0n) is 9.15. The monoisotopic (exact) mass is 315 g/mol. The van der Waals surface area contributed by atoms with Gasteiger partial charge in [0.15, 0.2) is 0 Å². The van der Waals surface area contributed by atoms with Crippen LogP contribution in [0, 0.1) is 12.7 Å². The smallest absolute Gasteiger partial charge is 0.137 e. The van der Waals surface area contributed by atoms with E-state index < -0.39 is 6.10 Å². The molecule has 1 heterocycles. The summed E-state index contributed by atoms with van der Waals surface area (Å²) in [5, 5.41) is 12.9. The summed E-state index contributed by atoms with van der Waals surface area (Å²) in [4.78, 5) is 4.28. The first-order valence-electron chi connectivity index (χ1n) is 5.11. The molecule has 2 nitrogen and oxygen atoms in total. The molecule has 17 heavy (non-hydrogen) atoms. The van der Waals surface area contributed by atoms with Gasteiger partial charge in [-0.05, 0) is 34.5 Å². The quantitative estimate of drug-likeness (QED) is 0.938. The number of aryl methyl sites for hydroxylation is 1. The summed E-state index contributed by atoms with van der Waals surface area (Å²) in [5.74, 6) is -0.365. The number of rotatable bonds is 3. The lowest BCUT2D eigenvalue weighted by molar-refractivity contribution is 0.176. The number of hydrogen-bond donors (Lipinski definition) is 1. The van der Waals surface area contributed by atoms with E-state index in [9.17, 15) is 9.50 Å². The van der Waals surface area contributed by atoms with E-state index in [0.717, 1.165) is 10.7 Å². The first-order chi connectivity index (χ1) is 8.08. The number of halogens is 2. The number of aliphatic hydroxyl groups excluding tert-OH is 1. The van der Waals surface area contributed by atoms with Crippen molar-refractivity contribution in [1.82, 2.24) is 4.98 Å². The van der Waals surface area contributed by atoms with Crippen LogP contribution in [-0.2, 0) is 6.42 Å². The summed E-state index contributed by atoms with van der Waals surface area (Å²) in [5.41, 5.74) is 1.38. The summed E-state index contributed by atoms with van der Waals surface area (Å²) in [7, 11) is 0. The molecular formula is C12H11BrFNOS. The fourth-order valence-electron chi connectivity index (χ4n) is 1.59. The molecule has 1 unspecified atom stereocenters. The molecule has 1 N–H and O–H groups in total. The van der Waals surface area contributed by atoms with Gasteiger partial charge in [0.1, 0.15) is 5.82 Å². The molecule has 0 aliphatic heterocycles. The van der Waals surface area contributed by atoms with Crippen LogP contribution in [0.2, 0.25) is 0 Å². The molecule has 0 spiro atoms. The van der Waals surface area contributed by atoms with Crippen LogP contribution in [0.4, 0.5) is 4.39 Å². The Morgan fingerprint density at radius 3 is 2.94 bits per heavy atom. The molecule has 0 amide bonds. The third-order valence-corrected chi connectivity index (χ3v) is 4.07. The standard InChI is InChI=1S/C12H11BrFNOS/c1-7-15-8(6-17-7)5-11(16)9-3-2-4-10(14)12(9)13/h2-4,6,11,16H,5H2,1H3. The van der Waals surface area contributed by atoms with Gasteiger partial charge in [0, 0.05) is 11.8 Å². The molecule has 0 fully saturated rings. The first kappa shape index (κ1) is 12.7. The Hall–Kier alpha value is -0.780. The molecule has 0 radical (unpaired) electrons. The van der Waals surface area contributed by atoms with Crippen LogP contribution in [0.15, 0.2) is 28.1 Å². The van der Waals surface area contributed by atoms with Crippen LogP contribution in [0.1, 0.15) is 22.4 Å². The highest BCUT2D eigenvalue weighted by Crippen LogP contribution is 2.28. The van der Waals surface area contributed by atoms with E-state index in [-0.39, 0.29) is 5.82 Å². The molecule has 0 aliphatic carbocycles. The lowest BCUT2D eigenvalue weighted by Crippen LogP contribution is -2.04. The predicted octanol–water partition coefficient (Wildman–Crippen LogP) is 3.63. The molecule has 5 heteroatoms. The zero-order chi connectivity index (χ0) is 12.4. The van der Waals surface area contributed by atoms with Gasteiger partial charge in [-0.2, -0.15) is 0 Å². The normalized spacial score (nSPS) is 12.7. The van der Waals surface area contributed by atoms with Gasteiger partial charge in [0.25, 0.3) is 0 Å². The third-order valence-electron chi connectivity index (χ3n) is 2.41. The Morgan fingerprint density at radius 1 is 1.53 bits per heavy atom. The van der Waals surface area contributed by atoms with Crippen molar-refractivity contribution in [1.29, 1.82) is 0 Å². The number of thiazole rings is 1. The summed E-state index contributed by atoms with van der Waals surface area (Å²) < 4.78 is 13.6. The van der Waals surface area contributed by atoms with E-state index in [4.69, 9.17) is 0 Å². The molecule has 2 aromatic rings. The molecule has 0 saturated heterocycles. The van der Waals surface area contributed by atoms with Gasteiger partial charge in [-0.15, -0.1) is 11.3 Å². The minimum atomic E-state index is -0.749. The second-order valence-electron chi connectivity index (χ2n) is 3.72. The number of hydrogen-bond acceptors (Lipinski definition) is 3. The second kappa shape index (κ2) is 5.25. The van der Waals surface area contributed by atoms with Gasteiger partial charge in [-0.1, -0.05) is 12.1 Å². The highest BCUT2D eigenvalue weighted by molar-refractivity contribution is 9.10. The van der Waals surface area contributed by atoms with Crippen molar-refractivity contribution in [2.45, 2.75) is 19.4 Å².